The van der Waals surface area contributed by atoms with Gasteiger partial charge in [0.1, 0.15) is 0 Å². The van der Waals surface area contributed by atoms with Crippen molar-refractivity contribution in [3.05, 3.63) is 71.6 Å². The maximum absolute atomic E-state index is 4.72. The van der Waals surface area contributed by atoms with Crippen LogP contribution in [0.2, 0.25) is 0 Å². The minimum atomic E-state index is 0. The first-order chi connectivity index (χ1) is 9.85. The van der Waals surface area contributed by atoms with Crippen molar-refractivity contribution in [2.24, 2.45) is 0 Å². The maximum atomic E-state index is 4.72. The molecule has 0 spiro atoms. The quantitative estimate of drug-likeness (QED) is 0.540. The summed E-state index contributed by atoms with van der Waals surface area (Å²) in [5, 5.41) is 4.42. The van der Waals surface area contributed by atoms with Crippen LogP contribution in [0.3, 0.4) is 0 Å². The van der Waals surface area contributed by atoms with Gasteiger partial charge in [-0.3, -0.25) is 0 Å². The predicted octanol–water partition coefficient (Wildman–Crippen LogP) is 3.81. The van der Waals surface area contributed by atoms with Crippen LogP contribution in [0.4, 0.5) is 0 Å². The van der Waals surface area contributed by atoms with Gasteiger partial charge < -0.3 is 12.2 Å². The molecule has 0 saturated heterocycles. The predicted molar refractivity (Wildman–Crippen MR) is 85.9 cm³/mol. The number of rotatable bonds is 5. The zero-order chi connectivity index (χ0) is 13.8. The summed E-state index contributed by atoms with van der Waals surface area (Å²) >= 11 is 1.79. The van der Waals surface area contributed by atoms with E-state index in [1.807, 2.05) is 6.07 Å². The van der Waals surface area contributed by atoms with Gasteiger partial charge in [-0.05, 0) is 23.3 Å². The van der Waals surface area contributed by atoms with Crippen molar-refractivity contribution in [3.63, 3.8) is 0 Å². The van der Waals surface area contributed by atoms with Crippen LogP contribution >= 0.6 is 11.3 Å². The molecule has 1 N–H and O–H groups in total. The van der Waals surface area contributed by atoms with Crippen LogP contribution in [0.15, 0.2) is 48.5 Å². The van der Waals surface area contributed by atoms with Gasteiger partial charge >= 0.3 is 0 Å². The number of hydrogen-bond donors (Lipinski definition) is 1. The van der Waals surface area contributed by atoms with Gasteiger partial charge in [-0.25, -0.2) is 4.98 Å². The molecular weight excluding hydrogens is 360 g/mol. The number of aromatic nitrogens is 1. The average Bonchev–Trinajstić information content (AvgIpc) is 2.87. The first-order valence-corrected chi connectivity index (χ1v) is 7.59. The Hall–Kier alpha value is -1.02. The summed E-state index contributed by atoms with van der Waals surface area (Å²) in [5.74, 6) is 0. The molecule has 3 aromatic rings. The van der Waals surface area contributed by atoms with Crippen molar-refractivity contribution in [3.8, 4) is 0 Å². The van der Waals surface area contributed by atoms with Crippen LogP contribution in [0.5, 0.6) is 0 Å². The third-order valence-electron chi connectivity index (χ3n) is 3.20. The molecule has 0 aliphatic carbocycles. The molecule has 108 valence electrons. The third-order valence-corrected chi connectivity index (χ3v) is 4.22. The summed E-state index contributed by atoms with van der Waals surface area (Å²) in [5.41, 5.74) is 3.70. The summed E-state index contributed by atoms with van der Waals surface area (Å²) in [7, 11) is 0. The molecule has 0 amide bonds. The van der Waals surface area contributed by atoms with Crippen LogP contribution in [0.1, 0.15) is 16.1 Å². The molecule has 3 rings (SSSR count). The van der Waals surface area contributed by atoms with Crippen molar-refractivity contribution >= 4 is 21.6 Å². The Kier molecular flexibility index (Phi) is 6.10. The van der Waals surface area contributed by atoms with Crippen molar-refractivity contribution < 1.29 is 21.1 Å². The molecule has 0 atom stereocenters. The molecule has 2 nitrogen and oxygen atoms in total. The third kappa shape index (κ3) is 4.23. The van der Waals surface area contributed by atoms with E-state index < -0.39 is 0 Å². The van der Waals surface area contributed by atoms with E-state index in [9.17, 15) is 0 Å². The Morgan fingerprint density at radius 3 is 2.62 bits per heavy atom. The molecule has 0 saturated carbocycles. The summed E-state index contributed by atoms with van der Waals surface area (Å²) in [6.45, 7) is 5.41. The van der Waals surface area contributed by atoms with Gasteiger partial charge in [0.15, 0.2) is 0 Å². The van der Waals surface area contributed by atoms with Crippen LogP contribution in [-0.4, -0.2) is 11.5 Å². The molecule has 2 aromatic carbocycles. The second-order valence-corrected chi connectivity index (χ2v) is 5.86. The molecule has 0 aliphatic heterocycles. The molecular formula is C17H17MoN2S-. The number of fused-ring (bicyclic) bond motifs is 1. The molecule has 0 bridgehead atoms. The van der Waals surface area contributed by atoms with E-state index in [0.717, 1.165) is 25.0 Å². The molecule has 4 heteroatoms. The maximum Gasteiger partial charge on any atom is 0.0982 e. The topological polar surface area (TPSA) is 24.9 Å². The Morgan fingerprint density at radius 2 is 1.86 bits per heavy atom. The van der Waals surface area contributed by atoms with Crippen LogP contribution < -0.4 is 5.32 Å². The Morgan fingerprint density at radius 1 is 1.05 bits per heavy atom. The summed E-state index contributed by atoms with van der Waals surface area (Å²) in [4.78, 5) is 4.72. The molecule has 0 unspecified atom stereocenters. The van der Waals surface area contributed by atoms with Crippen molar-refractivity contribution in [1.29, 1.82) is 0 Å². The van der Waals surface area contributed by atoms with Gasteiger partial charge in [0.05, 0.1) is 15.2 Å². The number of benzene rings is 2. The fourth-order valence-electron chi connectivity index (χ4n) is 2.21. The van der Waals surface area contributed by atoms with Gasteiger partial charge in [-0.15, -0.1) is 17.9 Å². The second-order valence-electron chi connectivity index (χ2n) is 4.75. The van der Waals surface area contributed by atoms with Crippen LogP contribution in [0, 0.1) is 6.92 Å². The van der Waals surface area contributed by atoms with Crippen LogP contribution in [0.25, 0.3) is 10.2 Å². The number of thiazole rings is 1. The van der Waals surface area contributed by atoms with Crippen molar-refractivity contribution in [2.75, 3.05) is 6.54 Å². The summed E-state index contributed by atoms with van der Waals surface area (Å²) in [6, 6.07) is 17.0. The van der Waals surface area contributed by atoms with E-state index in [1.165, 1.54) is 20.8 Å². The van der Waals surface area contributed by atoms with Gasteiger partial charge in [-0.1, -0.05) is 36.4 Å². The monoisotopic (exact) mass is 379 g/mol. The van der Waals surface area contributed by atoms with Crippen molar-refractivity contribution in [1.82, 2.24) is 10.3 Å². The average molecular weight is 377 g/mol. The number of nitrogens with one attached hydrogen (secondary N) is 1. The van der Waals surface area contributed by atoms with E-state index in [0.29, 0.717) is 0 Å². The molecule has 0 aliphatic rings. The fraction of sp³-hybridized carbons (Fsp3) is 0.176. The Bertz CT molecular complexity index is 694. The number of hydrogen-bond acceptors (Lipinski definition) is 3. The Labute approximate surface area is 143 Å². The molecule has 1 heterocycles. The largest absolute Gasteiger partial charge is 0.343 e. The van der Waals surface area contributed by atoms with E-state index >= 15 is 0 Å². The minimum absolute atomic E-state index is 0. The minimum Gasteiger partial charge on any atom is -0.343 e. The molecule has 21 heavy (non-hydrogen) atoms. The normalized spacial score (nSPS) is 10.5. The van der Waals surface area contributed by atoms with Gasteiger partial charge in [0.2, 0.25) is 0 Å². The zero-order valence-electron chi connectivity index (χ0n) is 11.7. The first kappa shape index (κ1) is 16.4. The van der Waals surface area contributed by atoms with Gasteiger partial charge in [0, 0.05) is 34.0 Å². The van der Waals surface area contributed by atoms with Gasteiger partial charge in [-0.2, -0.15) is 0 Å². The summed E-state index contributed by atoms with van der Waals surface area (Å²) in [6.07, 6.45) is 0.909. The summed E-state index contributed by atoms with van der Waals surface area (Å²) < 4.78 is 1.26. The first-order valence-electron chi connectivity index (χ1n) is 6.77. The van der Waals surface area contributed by atoms with E-state index in [-0.39, 0.29) is 21.1 Å². The van der Waals surface area contributed by atoms with E-state index in [1.54, 1.807) is 11.3 Å². The van der Waals surface area contributed by atoms with E-state index in [2.05, 4.69) is 54.7 Å². The van der Waals surface area contributed by atoms with Crippen LogP contribution in [-0.2, 0) is 34.0 Å². The SMILES string of the molecule is [CH2-]CNCc1ccc2nc(Cc3ccccc3)sc2c1.[Mo]. The molecule has 0 radical (unpaired) electrons. The molecule has 0 fully saturated rings. The number of nitrogens with zero attached hydrogens (tertiary/aromatic N) is 1. The standard InChI is InChI=1S/C17H17N2S.Mo/c1-2-18-12-14-8-9-15-16(10-14)20-17(19-15)11-13-6-4-3-5-7-13;/h3-10,18H,1-2,11-12H2;/q-1;. The Balaban J connectivity index is 0.00000161. The zero-order valence-corrected chi connectivity index (χ0v) is 14.5. The second kappa shape index (κ2) is 7.84. The van der Waals surface area contributed by atoms with Gasteiger partial charge in [0.25, 0.3) is 0 Å². The fourth-order valence-corrected chi connectivity index (χ4v) is 3.27. The van der Waals surface area contributed by atoms with Crippen molar-refractivity contribution in [2.45, 2.75) is 13.0 Å². The van der Waals surface area contributed by atoms with E-state index in [4.69, 9.17) is 4.98 Å². The molecule has 1 aromatic heterocycles. The smallest absolute Gasteiger partial charge is 0.0982 e.